The Kier molecular flexibility index (Phi) is 10.4. The number of carbonyl (C=O) groups excluding carboxylic acids is 1. The smallest absolute Gasteiger partial charge is 0.303 e. The molecule has 0 amide bonds. The van der Waals surface area contributed by atoms with Crippen LogP contribution in [0.25, 0.3) is 0 Å². The van der Waals surface area contributed by atoms with E-state index in [1.165, 1.54) is 34.0 Å². The fourth-order valence-corrected chi connectivity index (χ4v) is 12.3. The van der Waals surface area contributed by atoms with Crippen molar-refractivity contribution >= 4 is 24.7 Å². The van der Waals surface area contributed by atoms with Gasteiger partial charge < -0.3 is 9.16 Å². The number of esters is 1. The molecule has 4 nitrogen and oxygen atoms in total. The molecule has 0 radical (unpaired) electrons. The van der Waals surface area contributed by atoms with Crippen LogP contribution in [0.2, 0.25) is 5.04 Å². The van der Waals surface area contributed by atoms with E-state index in [4.69, 9.17) is 9.16 Å². The number of benzene rings is 5. The summed E-state index contributed by atoms with van der Waals surface area (Å²) in [5.41, 5.74) is 4.08. The predicted octanol–water partition coefficient (Wildman–Crippen LogP) is 8.12. The van der Waals surface area contributed by atoms with Crippen molar-refractivity contribution in [1.29, 1.82) is 0 Å². The van der Waals surface area contributed by atoms with Crippen LogP contribution in [0.3, 0.4) is 0 Å². The standard InChI is InChI=1S/C44H47NO3Si/c1-35(46)48-42-30-32-45(44(37-20-10-5-11-21-37,38-22-12-6-13-23-38)39-24-14-7-15-25-39)34-36(42)31-33-47-49(43(2,3)4,40-26-16-8-17-27-40)41-28-18-9-19-29-41/h5-29,31,42H,30,32-34H2,1-4H3/b36-31+. The van der Waals surface area contributed by atoms with E-state index in [9.17, 15) is 4.79 Å². The zero-order valence-corrected chi connectivity index (χ0v) is 30.1. The van der Waals surface area contributed by atoms with E-state index in [2.05, 4.69) is 183 Å². The third kappa shape index (κ3) is 6.84. The average molecular weight is 666 g/mol. The van der Waals surface area contributed by atoms with Gasteiger partial charge in [-0.3, -0.25) is 9.69 Å². The Morgan fingerprint density at radius 1 is 0.694 bits per heavy atom. The molecular weight excluding hydrogens is 619 g/mol. The summed E-state index contributed by atoms with van der Waals surface area (Å²) in [6, 6.07) is 53.8. The van der Waals surface area contributed by atoms with E-state index in [-0.39, 0.29) is 17.1 Å². The third-order valence-electron chi connectivity index (χ3n) is 9.87. The molecule has 5 aromatic rings. The van der Waals surface area contributed by atoms with E-state index in [0.29, 0.717) is 19.6 Å². The molecule has 1 saturated heterocycles. The van der Waals surface area contributed by atoms with Gasteiger partial charge in [0.05, 0.1) is 12.1 Å². The molecule has 1 aliphatic rings. The summed E-state index contributed by atoms with van der Waals surface area (Å²) < 4.78 is 13.3. The second-order valence-corrected chi connectivity index (χ2v) is 18.2. The lowest BCUT2D eigenvalue weighted by molar-refractivity contribution is -0.146. The summed E-state index contributed by atoms with van der Waals surface area (Å²) in [5.74, 6) is -0.266. The minimum Gasteiger partial charge on any atom is -0.458 e. The first-order valence-electron chi connectivity index (χ1n) is 17.3. The number of hydrogen-bond donors (Lipinski definition) is 0. The van der Waals surface area contributed by atoms with Crippen LogP contribution in [-0.2, 0) is 19.5 Å². The molecule has 1 fully saturated rings. The van der Waals surface area contributed by atoms with Gasteiger partial charge in [-0.15, -0.1) is 0 Å². The molecule has 1 aliphatic heterocycles. The summed E-state index contributed by atoms with van der Waals surface area (Å²) in [6.07, 6.45) is 2.56. The Balaban J connectivity index is 1.45. The highest BCUT2D eigenvalue weighted by molar-refractivity contribution is 6.99. The molecule has 5 heteroatoms. The van der Waals surface area contributed by atoms with Crippen LogP contribution in [0.15, 0.2) is 163 Å². The second-order valence-electron chi connectivity index (χ2n) is 13.9. The molecule has 1 unspecified atom stereocenters. The topological polar surface area (TPSA) is 38.8 Å². The van der Waals surface area contributed by atoms with Crippen molar-refractivity contribution in [1.82, 2.24) is 4.90 Å². The first kappa shape index (κ1) is 34.3. The van der Waals surface area contributed by atoms with Gasteiger partial charge in [0.25, 0.3) is 8.32 Å². The summed E-state index contributed by atoms with van der Waals surface area (Å²) in [7, 11) is -2.77. The summed E-state index contributed by atoms with van der Waals surface area (Å²) in [5, 5.41) is 2.33. The van der Waals surface area contributed by atoms with Crippen LogP contribution < -0.4 is 10.4 Å². The highest BCUT2D eigenvalue weighted by Gasteiger charge is 2.50. The lowest BCUT2D eigenvalue weighted by Gasteiger charge is -2.49. The zero-order chi connectivity index (χ0) is 34.3. The number of nitrogens with zero attached hydrogens (tertiary/aromatic N) is 1. The molecular formula is C44H47NO3Si. The van der Waals surface area contributed by atoms with Crippen LogP contribution in [0.5, 0.6) is 0 Å². The molecule has 0 spiro atoms. The molecule has 5 aromatic carbocycles. The van der Waals surface area contributed by atoms with E-state index in [1.807, 2.05) is 0 Å². The fourth-order valence-electron chi connectivity index (χ4n) is 7.80. The Morgan fingerprint density at radius 2 is 1.10 bits per heavy atom. The van der Waals surface area contributed by atoms with E-state index < -0.39 is 13.9 Å². The van der Waals surface area contributed by atoms with Gasteiger partial charge in [0.15, 0.2) is 0 Å². The summed E-state index contributed by atoms with van der Waals surface area (Å²) in [4.78, 5) is 15.0. The van der Waals surface area contributed by atoms with Crippen LogP contribution in [0.4, 0.5) is 0 Å². The average Bonchev–Trinajstić information content (AvgIpc) is 3.13. The van der Waals surface area contributed by atoms with Crippen molar-refractivity contribution < 1.29 is 14.0 Å². The van der Waals surface area contributed by atoms with Crippen molar-refractivity contribution in [2.45, 2.75) is 50.8 Å². The van der Waals surface area contributed by atoms with Gasteiger partial charge in [-0.05, 0) is 37.7 Å². The number of likely N-dealkylation sites (tertiary alicyclic amines) is 1. The highest BCUT2D eigenvalue weighted by atomic mass is 28.4. The number of hydrogen-bond acceptors (Lipinski definition) is 4. The molecule has 1 atom stereocenters. The van der Waals surface area contributed by atoms with Crippen molar-refractivity contribution in [3.05, 3.63) is 180 Å². The zero-order valence-electron chi connectivity index (χ0n) is 29.1. The van der Waals surface area contributed by atoms with Crippen LogP contribution in [0.1, 0.15) is 50.8 Å². The van der Waals surface area contributed by atoms with Gasteiger partial charge in [-0.2, -0.15) is 0 Å². The Bertz CT molecular complexity index is 1690. The lowest BCUT2D eigenvalue weighted by Crippen LogP contribution is -2.66. The van der Waals surface area contributed by atoms with E-state index in [1.54, 1.807) is 0 Å². The maximum absolute atomic E-state index is 12.4. The normalized spacial score (nSPS) is 16.7. The Morgan fingerprint density at radius 3 is 1.49 bits per heavy atom. The molecule has 0 aromatic heterocycles. The van der Waals surface area contributed by atoms with Crippen molar-refractivity contribution in [2.75, 3.05) is 19.7 Å². The van der Waals surface area contributed by atoms with Gasteiger partial charge in [0.2, 0.25) is 0 Å². The predicted molar refractivity (Wildman–Crippen MR) is 203 cm³/mol. The van der Waals surface area contributed by atoms with Crippen LogP contribution in [-0.4, -0.2) is 45.0 Å². The largest absolute Gasteiger partial charge is 0.458 e. The van der Waals surface area contributed by atoms with Crippen LogP contribution >= 0.6 is 0 Å². The fraction of sp³-hybridized carbons (Fsp3) is 0.250. The van der Waals surface area contributed by atoms with Crippen molar-refractivity contribution in [3.8, 4) is 0 Å². The van der Waals surface area contributed by atoms with Gasteiger partial charge in [0.1, 0.15) is 6.10 Å². The molecule has 0 aliphatic carbocycles. The SMILES string of the molecule is CC(=O)OC1CCN(C(c2ccccc2)(c2ccccc2)c2ccccc2)C/C1=C\CO[Si](c1ccccc1)(c1ccccc1)C(C)(C)C. The van der Waals surface area contributed by atoms with E-state index in [0.717, 1.165) is 12.1 Å². The summed E-state index contributed by atoms with van der Waals surface area (Å²) in [6.45, 7) is 10.2. The van der Waals surface area contributed by atoms with Gasteiger partial charge in [-0.1, -0.05) is 179 Å². The van der Waals surface area contributed by atoms with Gasteiger partial charge in [-0.25, -0.2) is 0 Å². The second kappa shape index (κ2) is 14.9. The number of piperidine rings is 1. The van der Waals surface area contributed by atoms with Gasteiger partial charge >= 0.3 is 5.97 Å². The Hall–Kier alpha value is -4.55. The van der Waals surface area contributed by atoms with Crippen molar-refractivity contribution in [2.24, 2.45) is 0 Å². The number of rotatable bonds is 10. The molecule has 49 heavy (non-hydrogen) atoms. The minimum absolute atomic E-state index is 0.148. The summed E-state index contributed by atoms with van der Waals surface area (Å²) >= 11 is 0. The highest BCUT2D eigenvalue weighted by Crippen LogP contribution is 2.44. The van der Waals surface area contributed by atoms with Crippen LogP contribution in [0, 0.1) is 0 Å². The van der Waals surface area contributed by atoms with E-state index >= 15 is 0 Å². The quantitative estimate of drug-likeness (QED) is 0.0654. The third-order valence-corrected chi connectivity index (χ3v) is 14.9. The molecule has 1 heterocycles. The first-order chi connectivity index (χ1) is 23.8. The monoisotopic (exact) mass is 665 g/mol. The maximum Gasteiger partial charge on any atom is 0.303 e. The molecule has 0 N–H and O–H groups in total. The van der Waals surface area contributed by atoms with Gasteiger partial charge in [0, 0.05) is 26.4 Å². The molecule has 6 rings (SSSR count). The minimum atomic E-state index is -2.77. The first-order valence-corrected chi connectivity index (χ1v) is 19.2. The molecule has 0 saturated carbocycles. The lowest BCUT2D eigenvalue weighted by atomic mass is 9.74. The maximum atomic E-state index is 12.4. The molecule has 0 bridgehead atoms. The molecule has 250 valence electrons. The Labute approximate surface area is 293 Å². The number of ether oxygens (including phenoxy) is 1. The number of carbonyl (C=O) groups is 1. The van der Waals surface area contributed by atoms with Crippen molar-refractivity contribution in [3.63, 3.8) is 0 Å².